The molecule has 3 saturated heterocycles. The van der Waals surface area contributed by atoms with E-state index in [4.69, 9.17) is 4.74 Å². The van der Waals surface area contributed by atoms with Gasteiger partial charge >= 0.3 is 0 Å². The van der Waals surface area contributed by atoms with Crippen LogP contribution in [0.15, 0.2) is 72.6 Å². The van der Waals surface area contributed by atoms with Crippen LogP contribution in [0.2, 0.25) is 0 Å². The van der Waals surface area contributed by atoms with E-state index in [1.54, 1.807) is 11.1 Å². The normalized spacial score (nSPS) is 31.0. The van der Waals surface area contributed by atoms with Gasteiger partial charge in [-0.15, -0.1) is 0 Å². The average Bonchev–Trinajstić information content (AvgIpc) is 3.70. The Bertz CT molecular complexity index is 1760. The Morgan fingerprint density at radius 2 is 1.98 bits per heavy atom. The van der Waals surface area contributed by atoms with Gasteiger partial charge in [0, 0.05) is 43.3 Å². The number of carbonyl (C=O) groups is 3. The molecule has 10 heteroatoms. The molecule has 5 atom stereocenters. The van der Waals surface area contributed by atoms with Crippen molar-refractivity contribution in [1.82, 2.24) is 25.0 Å². The minimum absolute atomic E-state index is 0.0678. The first kappa shape index (κ1) is 26.2. The molecule has 3 N–H and O–H groups in total. The van der Waals surface area contributed by atoms with E-state index in [1.807, 2.05) is 60.5 Å². The molecule has 3 fully saturated rings. The molecule has 5 heterocycles. The van der Waals surface area contributed by atoms with Crippen molar-refractivity contribution < 1.29 is 24.2 Å². The zero-order chi connectivity index (χ0) is 29.7. The highest BCUT2D eigenvalue weighted by Crippen LogP contribution is 2.46. The van der Waals surface area contributed by atoms with Gasteiger partial charge in [-0.05, 0) is 60.6 Å². The van der Waals surface area contributed by atoms with Crippen LogP contribution in [-0.4, -0.2) is 85.9 Å². The lowest BCUT2D eigenvalue weighted by Crippen LogP contribution is -2.71. The van der Waals surface area contributed by atoms with E-state index < -0.39 is 35.5 Å². The number of hydrogen-bond acceptors (Lipinski definition) is 6. The highest BCUT2D eigenvalue weighted by Gasteiger charge is 2.69. The summed E-state index contributed by atoms with van der Waals surface area (Å²) in [4.78, 5) is 49.9. The first-order chi connectivity index (χ1) is 20.7. The average molecular weight is 580 g/mol. The maximum absolute atomic E-state index is 14.2. The minimum atomic E-state index is -2.06. The Labute approximate surface area is 248 Å². The van der Waals surface area contributed by atoms with Crippen LogP contribution in [0.3, 0.4) is 0 Å². The molecule has 10 nitrogen and oxygen atoms in total. The van der Waals surface area contributed by atoms with E-state index >= 15 is 0 Å². The van der Waals surface area contributed by atoms with Crippen LogP contribution in [0.5, 0.6) is 0 Å². The third-order valence-electron chi connectivity index (χ3n) is 9.80. The number of nitrogens with one attached hydrogen (secondary N) is 2. The summed E-state index contributed by atoms with van der Waals surface area (Å²) in [5.74, 6) is -3.42. The summed E-state index contributed by atoms with van der Waals surface area (Å²) >= 11 is 0. The van der Waals surface area contributed by atoms with Gasteiger partial charge in [-0.25, -0.2) is 0 Å². The van der Waals surface area contributed by atoms with Crippen molar-refractivity contribution >= 4 is 34.2 Å². The molecular formula is C33H33N5O5. The molecule has 43 heavy (non-hydrogen) atoms. The third-order valence-corrected chi connectivity index (χ3v) is 9.80. The second-order valence-electron chi connectivity index (χ2n) is 12.4. The molecule has 4 aliphatic heterocycles. The van der Waals surface area contributed by atoms with Crippen LogP contribution >= 0.6 is 0 Å². The van der Waals surface area contributed by atoms with E-state index in [-0.39, 0.29) is 18.4 Å². The number of ether oxygens (including phenoxy) is 1. The van der Waals surface area contributed by atoms with Gasteiger partial charge in [0.25, 0.3) is 17.7 Å². The van der Waals surface area contributed by atoms with E-state index in [0.717, 1.165) is 34.0 Å². The van der Waals surface area contributed by atoms with E-state index in [0.29, 0.717) is 25.0 Å². The Kier molecular flexibility index (Phi) is 5.52. The fourth-order valence-electron chi connectivity index (χ4n) is 7.80. The highest BCUT2D eigenvalue weighted by molar-refractivity contribution is 6.06. The molecule has 3 amide bonds. The summed E-state index contributed by atoms with van der Waals surface area (Å²) in [5, 5.41) is 16.0. The van der Waals surface area contributed by atoms with Crippen molar-refractivity contribution in [1.29, 1.82) is 0 Å². The third kappa shape index (κ3) is 3.69. The Balaban J connectivity index is 1.12. The second-order valence-corrected chi connectivity index (χ2v) is 12.4. The number of aromatic nitrogens is 1. The Hall–Kier alpha value is -4.41. The maximum atomic E-state index is 14.2. The van der Waals surface area contributed by atoms with E-state index in [9.17, 15) is 19.5 Å². The summed E-state index contributed by atoms with van der Waals surface area (Å²) in [5.41, 5.74) is 3.75. The Morgan fingerprint density at radius 3 is 2.79 bits per heavy atom. The Morgan fingerprint density at radius 1 is 1.16 bits per heavy atom. The zero-order valence-electron chi connectivity index (χ0n) is 24.0. The number of piperazine rings is 1. The molecule has 220 valence electrons. The van der Waals surface area contributed by atoms with Crippen LogP contribution < -0.4 is 5.32 Å². The number of aliphatic hydroxyl groups is 1. The maximum Gasteiger partial charge on any atom is 0.280 e. The predicted molar refractivity (Wildman–Crippen MR) is 158 cm³/mol. The van der Waals surface area contributed by atoms with Gasteiger partial charge in [-0.1, -0.05) is 42.5 Å². The van der Waals surface area contributed by atoms with Crippen LogP contribution in [0, 0.1) is 0 Å². The van der Waals surface area contributed by atoms with Crippen molar-refractivity contribution in [2.45, 2.75) is 62.4 Å². The van der Waals surface area contributed by atoms with Crippen molar-refractivity contribution in [3.05, 3.63) is 89.3 Å². The van der Waals surface area contributed by atoms with Gasteiger partial charge in [0.2, 0.25) is 11.6 Å². The number of H-pyrrole nitrogens is 1. The van der Waals surface area contributed by atoms with Crippen LogP contribution in [0.25, 0.3) is 16.5 Å². The quantitative estimate of drug-likeness (QED) is 0.437. The minimum Gasteiger partial charge on any atom is -0.372 e. The number of hydrogen-bond donors (Lipinski definition) is 3. The molecule has 5 aliphatic rings. The standard InChI is InChI=1S/C33H33N5O5/c1-32(35-29(39)21-15-23-22-10-6-11-24-28(22)20(17-34-24)16-25(23)36(2)18-21)31(41)38-26(14-19-8-4-3-5-9-19)30(40)37-13-7-12-27(37)33(38,42)43-32/h3-6,8-11,15,17-18,25-27,34,42H,7,12-14,16H2,1-2H3,(H,35,39)/t25-,26+,27+,32-,33+/m1/s1. The van der Waals surface area contributed by atoms with E-state index in [2.05, 4.69) is 22.6 Å². The van der Waals surface area contributed by atoms with Crippen LogP contribution in [-0.2, 0) is 32.0 Å². The molecule has 0 radical (unpaired) electrons. The molecule has 1 aliphatic carbocycles. The van der Waals surface area contributed by atoms with Crippen LogP contribution in [0.4, 0.5) is 0 Å². The summed E-state index contributed by atoms with van der Waals surface area (Å²) < 4.78 is 6.20. The molecule has 0 unspecified atom stereocenters. The molecule has 0 spiro atoms. The van der Waals surface area contributed by atoms with Crippen molar-refractivity contribution in [2.24, 2.45) is 0 Å². The van der Waals surface area contributed by atoms with Gasteiger partial charge in [-0.3, -0.25) is 24.0 Å². The van der Waals surface area contributed by atoms with Gasteiger partial charge in [-0.2, -0.15) is 0 Å². The van der Waals surface area contributed by atoms with Crippen LogP contribution in [0.1, 0.15) is 36.5 Å². The number of rotatable bonds is 4. The lowest BCUT2D eigenvalue weighted by Gasteiger charge is -2.48. The number of nitrogens with zero attached hydrogens (tertiary/aromatic N) is 3. The van der Waals surface area contributed by atoms with E-state index in [1.165, 1.54) is 17.4 Å². The number of benzene rings is 2. The fourth-order valence-corrected chi connectivity index (χ4v) is 7.80. The van der Waals surface area contributed by atoms with Gasteiger partial charge in [0.15, 0.2) is 0 Å². The molecule has 2 aromatic carbocycles. The van der Waals surface area contributed by atoms with Crippen molar-refractivity contribution in [3.63, 3.8) is 0 Å². The molecule has 8 rings (SSSR count). The number of likely N-dealkylation sites (N-methyl/N-ethyl adjacent to an activating group) is 1. The zero-order valence-corrected chi connectivity index (χ0v) is 24.0. The highest BCUT2D eigenvalue weighted by atomic mass is 16.7. The van der Waals surface area contributed by atoms with Gasteiger partial charge in [0.05, 0.1) is 11.6 Å². The topological polar surface area (TPSA) is 118 Å². The number of carbonyl (C=O) groups excluding carboxylic acids is 3. The number of aromatic amines is 1. The summed E-state index contributed by atoms with van der Waals surface area (Å²) in [7, 11) is 1.94. The molecule has 3 aromatic rings. The summed E-state index contributed by atoms with van der Waals surface area (Å²) in [6.45, 7) is 1.94. The SMILES string of the molecule is CN1C=C(C(=O)N[C@]2(C)O[C@@]3(O)[C@@H]4CCCN4C(=O)[C@H](Cc4ccccc4)N3C2=O)C=C2c3cccc4[nH]cc(c34)C[C@H]21. The number of amides is 3. The predicted octanol–water partition coefficient (Wildman–Crippen LogP) is 2.26. The first-order valence-electron chi connectivity index (χ1n) is 14.9. The number of fused-ring (bicyclic) bond motifs is 5. The van der Waals surface area contributed by atoms with Crippen molar-refractivity contribution in [2.75, 3.05) is 13.6 Å². The fraction of sp³-hybridized carbons (Fsp3) is 0.364. The monoisotopic (exact) mass is 579 g/mol. The molecule has 0 bridgehead atoms. The smallest absolute Gasteiger partial charge is 0.280 e. The largest absolute Gasteiger partial charge is 0.372 e. The lowest BCUT2D eigenvalue weighted by atomic mass is 9.82. The summed E-state index contributed by atoms with van der Waals surface area (Å²) in [6, 6.07) is 13.9. The van der Waals surface area contributed by atoms with Gasteiger partial charge < -0.3 is 25.2 Å². The molecular weight excluding hydrogens is 546 g/mol. The molecule has 1 aromatic heterocycles. The van der Waals surface area contributed by atoms with Crippen molar-refractivity contribution in [3.8, 4) is 0 Å². The first-order valence-corrected chi connectivity index (χ1v) is 14.9. The molecule has 0 saturated carbocycles. The second kappa shape index (κ2) is 9.05. The lowest BCUT2D eigenvalue weighted by molar-refractivity contribution is -0.315. The summed E-state index contributed by atoms with van der Waals surface area (Å²) in [6.07, 6.45) is 7.93. The van der Waals surface area contributed by atoms with Gasteiger partial charge in [0.1, 0.15) is 12.1 Å².